The Balaban J connectivity index is 1.84. The topological polar surface area (TPSA) is 61.8 Å². The Bertz CT molecular complexity index is 307. The minimum Gasteiger partial charge on any atom is -0.450 e. The molecule has 2 fully saturated rings. The molecule has 2 N–H and O–H groups in total. The number of likely N-dealkylation sites (tertiary alicyclic amines) is 1. The summed E-state index contributed by atoms with van der Waals surface area (Å²) in [5.74, 6) is 1.31. The first-order valence-electron chi connectivity index (χ1n) is 7.97. The van der Waals surface area contributed by atoms with Gasteiger partial charge in [0.2, 0.25) is 0 Å². The fourth-order valence-electron chi connectivity index (χ4n) is 3.33. The van der Waals surface area contributed by atoms with Crippen molar-refractivity contribution in [3.8, 4) is 0 Å². The van der Waals surface area contributed by atoms with E-state index in [0.29, 0.717) is 12.5 Å². The highest BCUT2D eigenvalue weighted by Gasteiger charge is 2.30. The van der Waals surface area contributed by atoms with Crippen LogP contribution in [0.5, 0.6) is 0 Å². The number of carbonyl (C=O) groups is 1. The second kappa shape index (κ2) is 7.84. The van der Waals surface area contributed by atoms with E-state index in [1.54, 1.807) is 0 Å². The summed E-state index contributed by atoms with van der Waals surface area (Å²) < 4.78 is 4.97. The number of hydrogen-bond acceptors (Lipinski definition) is 4. The molecule has 0 aromatic carbocycles. The largest absolute Gasteiger partial charge is 0.450 e. The van der Waals surface area contributed by atoms with Crippen LogP contribution in [0.15, 0.2) is 0 Å². The fourth-order valence-corrected chi connectivity index (χ4v) is 3.33. The molecule has 116 valence electrons. The third-order valence-corrected chi connectivity index (χ3v) is 4.49. The van der Waals surface area contributed by atoms with Crippen LogP contribution in [0.3, 0.4) is 0 Å². The SMILES string of the molecule is CCOC(=O)NC1CC(CCO)CN(CC2CCC2)C1. The van der Waals surface area contributed by atoms with Gasteiger partial charge in [-0.25, -0.2) is 4.79 Å². The number of alkyl carbamates (subject to hydrolysis) is 1. The lowest BCUT2D eigenvalue weighted by atomic mass is 9.83. The molecule has 20 heavy (non-hydrogen) atoms. The summed E-state index contributed by atoms with van der Waals surface area (Å²) in [7, 11) is 0. The molecular formula is C15H28N2O3. The zero-order valence-electron chi connectivity index (χ0n) is 12.5. The van der Waals surface area contributed by atoms with Gasteiger partial charge in [0, 0.05) is 32.3 Å². The highest BCUT2D eigenvalue weighted by Crippen LogP contribution is 2.29. The molecule has 0 bridgehead atoms. The first-order chi connectivity index (χ1) is 9.71. The predicted molar refractivity (Wildman–Crippen MR) is 77.5 cm³/mol. The Kier molecular flexibility index (Phi) is 6.10. The maximum atomic E-state index is 11.6. The van der Waals surface area contributed by atoms with E-state index in [1.165, 1.54) is 19.3 Å². The molecule has 1 aliphatic heterocycles. The molecule has 2 atom stereocenters. The second-order valence-electron chi connectivity index (χ2n) is 6.19. The van der Waals surface area contributed by atoms with Crippen LogP contribution in [0.2, 0.25) is 0 Å². The smallest absolute Gasteiger partial charge is 0.407 e. The Morgan fingerprint density at radius 3 is 2.75 bits per heavy atom. The molecule has 1 amide bonds. The van der Waals surface area contributed by atoms with Crippen molar-refractivity contribution in [1.29, 1.82) is 0 Å². The Morgan fingerprint density at radius 1 is 1.35 bits per heavy atom. The Labute approximate surface area is 121 Å². The van der Waals surface area contributed by atoms with Gasteiger partial charge in [-0.2, -0.15) is 0 Å². The molecule has 5 nitrogen and oxygen atoms in total. The van der Waals surface area contributed by atoms with Crippen LogP contribution in [0.1, 0.15) is 39.0 Å². The highest BCUT2D eigenvalue weighted by atomic mass is 16.5. The van der Waals surface area contributed by atoms with Gasteiger partial charge in [0.25, 0.3) is 0 Å². The van der Waals surface area contributed by atoms with E-state index in [-0.39, 0.29) is 18.7 Å². The standard InChI is InChI=1S/C15H28N2O3/c1-2-20-15(19)16-14-8-13(6-7-18)10-17(11-14)9-12-4-3-5-12/h12-14,18H,2-11H2,1H3,(H,16,19). The molecule has 2 unspecified atom stereocenters. The highest BCUT2D eigenvalue weighted by molar-refractivity contribution is 5.67. The van der Waals surface area contributed by atoms with Gasteiger partial charge < -0.3 is 20.1 Å². The lowest BCUT2D eigenvalue weighted by molar-refractivity contribution is 0.0843. The normalized spacial score (nSPS) is 27.9. The van der Waals surface area contributed by atoms with Crippen LogP contribution < -0.4 is 5.32 Å². The van der Waals surface area contributed by atoms with E-state index < -0.39 is 0 Å². The van der Waals surface area contributed by atoms with E-state index in [1.807, 2.05) is 6.92 Å². The summed E-state index contributed by atoms with van der Waals surface area (Å²) >= 11 is 0. The van der Waals surface area contributed by atoms with E-state index in [2.05, 4.69) is 10.2 Å². The van der Waals surface area contributed by atoms with Gasteiger partial charge in [0.1, 0.15) is 0 Å². The van der Waals surface area contributed by atoms with Gasteiger partial charge in [-0.1, -0.05) is 6.42 Å². The molecule has 0 aromatic heterocycles. The number of aliphatic hydroxyl groups is 1. The monoisotopic (exact) mass is 284 g/mol. The van der Waals surface area contributed by atoms with Crippen LogP contribution in [0, 0.1) is 11.8 Å². The first-order valence-corrected chi connectivity index (χ1v) is 7.97. The minimum absolute atomic E-state index is 0.152. The van der Waals surface area contributed by atoms with Gasteiger partial charge in [0.05, 0.1) is 6.61 Å². The van der Waals surface area contributed by atoms with Crippen LogP contribution in [-0.4, -0.2) is 55.0 Å². The first kappa shape index (κ1) is 15.6. The Hall–Kier alpha value is -0.810. The summed E-state index contributed by atoms with van der Waals surface area (Å²) in [6.07, 6.45) is 5.51. The lowest BCUT2D eigenvalue weighted by Gasteiger charge is -2.41. The second-order valence-corrected chi connectivity index (χ2v) is 6.19. The van der Waals surface area contributed by atoms with Crippen LogP contribution in [0.4, 0.5) is 4.79 Å². The molecular weight excluding hydrogens is 256 g/mol. The number of nitrogens with one attached hydrogen (secondary N) is 1. The average Bonchev–Trinajstić information content (AvgIpc) is 2.34. The number of piperidine rings is 1. The van der Waals surface area contributed by atoms with Gasteiger partial charge in [-0.15, -0.1) is 0 Å². The van der Waals surface area contributed by atoms with Gasteiger partial charge >= 0.3 is 6.09 Å². The van der Waals surface area contributed by atoms with Crippen molar-refractivity contribution < 1.29 is 14.6 Å². The van der Waals surface area contributed by atoms with Gasteiger partial charge in [0.15, 0.2) is 0 Å². The van der Waals surface area contributed by atoms with E-state index >= 15 is 0 Å². The van der Waals surface area contributed by atoms with Crippen LogP contribution >= 0.6 is 0 Å². The third-order valence-electron chi connectivity index (χ3n) is 4.49. The molecule has 1 saturated heterocycles. The zero-order chi connectivity index (χ0) is 14.4. The molecule has 2 rings (SSSR count). The number of ether oxygens (including phenoxy) is 1. The molecule has 1 heterocycles. The maximum absolute atomic E-state index is 11.6. The van der Waals surface area contributed by atoms with Crippen molar-refractivity contribution >= 4 is 6.09 Å². The third kappa shape index (κ3) is 4.63. The number of aliphatic hydroxyl groups excluding tert-OH is 1. The van der Waals surface area contributed by atoms with E-state index in [0.717, 1.165) is 38.4 Å². The predicted octanol–water partition coefficient (Wildman–Crippen LogP) is 1.61. The molecule has 0 aromatic rings. The lowest BCUT2D eigenvalue weighted by Crippen LogP contribution is -2.52. The summed E-state index contributed by atoms with van der Waals surface area (Å²) in [6.45, 7) is 5.56. The number of hydrogen-bond donors (Lipinski definition) is 2. The van der Waals surface area contributed by atoms with Gasteiger partial charge in [-0.3, -0.25) is 0 Å². The average molecular weight is 284 g/mol. The molecule has 1 saturated carbocycles. The quantitative estimate of drug-likeness (QED) is 0.778. The van der Waals surface area contributed by atoms with Crippen molar-refractivity contribution in [2.24, 2.45) is 11.8 Å². The molecule has 5 heteroatoms. The molecule has 0 spiro atoms. The Morgan fingerprint density at radius 2 is 2.15 bits per heavy atom. The van der Waals surface area contributed by atoms with E-state index in [9.17, 15) is 4.79 Å². The summed E-state index contributed by atoms with van der Waals surface area (Å²) in [6, 6.07) is 0.152. The zero-order valence-corrected chi connectivity index (χ0v) is 12.5. The van der Waals surface area contributed by atoms with Crippen molar-refractivity contribution in [1.82, 2.24) is 10.2 Å². The molecule has 1 aliphatic carbocycles. The van der Waals surface area contributed by atoms with Gasteiger partial charge in [-0.05, 0) is 44.4 Å². The van der Waals surface area contributed by atoms with Crippen molar-refractivity contribution in [3.63, 3.8) is 0 Å². The van der Waals surface area contributed by atoms with Crippen molar-refractivity contribution in [3.05, 3.63) is 0 Å². The number of carbonyl (C=O) groups excluding carboxylic acids is 1. The van der Waals surface area contributed by atoms with E-state index in [4.69, 9.17) is 9.84 Å². The number of nitrogens with zero attached hydrogens (tertiary/aromatic N) is 1. The van der Waals surface area contributed by atoms with Crippen molar-refractivity contribution in [2.75, 3.05) is 32.8 Å². The fraction of sp³-hybridized carbons (Fsp3) is 0.933. The minimum atomic E-state index is -0.314. The summed E-state index contributed by atoms with van der Waals surface area (Å²) in [5.41, 5.74) is 0. The molecule has 0 radical (unpaired) electrons. The van der Waals surface area contributed by atoms with Crippen LogP contribution in [-0.2, 0) is 4.74 Å². The summed E-state index contributed by atoms with van der Waals surface area (Å²) in [4.78, 5) is 14.0. The molecule has 2 aliphatic rings. The van der Waals surface area contributed by atoms with Crippen LogP contribution in [0.25, 0.3) is 0 Å². The van der Waals surface area contributed by atoms with Crippen molar-refractivity contribution in [2.45, 2.75) is 45.1 Å². The maximum Gasteiger partial charge on any atom is 0.407 e. The summed E-state index contributed by atoms with van der Waals surface area (Å²) in [5, 5.41) is 12.1. The number of amides is 1. The number of rotatable bonds is 6.